The van der Waals surface area contributed by atoms with Crippen LogP contribution in [0.1, 0.15) is 215 Å². The summed E-state index contributed by atoms with van der Waals surface area (Å²) in [7, 11) is 0. The summed E-state index contributed by atoms with van der Waals surface area (Å²) in [5, 5.41) is 0. The van der Waals surface area contributed by atoms with Crippen molar-refractivity contribution in [3.8, 4) is 0 Å². The zero-order valence-electron chi connectivity index (χ0n) is 32.5. The van der Waals surface area contributed by atoms with Crippen molar-refractivity contribution in [2.24, 2.45) is 46.3 Å². The molecule has 2 heteroatoms. The van der Waals surface area contributed by atoms with Crippen LogP contribution in [0.15, 0.2) is 11.6 Å². The predicted molar refractivity (Wildman–Crippen MR) is 202 cm³/mol. The van der Waals surface area contributed by atoms with E-state index < -0.39 is 0 Å². The Hall–Kier alpha value is -0.790. The Morgan fingerprint density at radius 2 is 1.36 bits per heavy atom. The third-order valence-electron chi connectivity index (χ3n) is 14.5. The van der Waals surface area contributed by atoms with Crippen LogP contribution >= 0.6 is 0 Å². The average molecular weight is 653 g/mol. The topological polar surface area (TPSA) is 26.3 Å². The minimum Gasteiger partial charge on any atom is -0.462 e. The first-order chi connectivity index (χ1) is 22.7. The Bertz CT molecular complexity index is 934. The second-order valence-electron chi connectivity index (χ2n) is 18.3. The Labute approximate surface area is 293 Å². The van der Waals surface area contributed by atoms with E-state index in [2.05, 4.69) is 47.6 Å². The Morgan fingerprint density at radius 1 is 0.745 bits per heavy atom. The van der Waals surface area contributed by atoms with Gasteiger partial charge in [0.1, 0.15) is 6.10 Å². The molecule has 0 aliphatic heterocycles. The first kappa shape index (κ1) is 39.0. The Kier molecular flexibility index (Phi) is 16.2. The third-order valence-corrected chi connectivity index (χ3v) is 14.5. The number of hydrogen-bond acceptors (Lipinski definition) is 2. The quantitative estimate of drug-likeness (QED) is 0.0661. The number of rotatable bonds is 22. The number of unbranched alkanes of at least 4 members (excludes halogenated alkanes) is 14. The highest BCUT2D eigenvalue weighted by Gasteiger charge is 2.59. The maximum atomic E-state index is 12.8. The number of allylic oxidation sites excluding steroid dienone is 1. The lowest BCUT2D eigenvalue weighted by molar-refractivity contribution is -0.151. The van der Waals surface area contributed by atoms with Crippen molar-refractivity contribution in [1.82, 2.24) is 0 Å². The second-order valence-corrected chi connectivity index (χ2v) is 18.3. The van der Waals surface area contributed by atoms with Gasteiger partial charge in [-0.15, -0.1) is 0 Å². The number of carbonyl (C=O) groups excluding carboxylic acids is 1. The van der Waals surface area contributed by atoms with Crippen molar-refractivity contribution in [1.29, 1.82) is 0 Å². The molecule has 4 aliphatic rings. The van der Waals surface area contributed by atoms with Crippen LogP contribution in [-0.4, -0.2) is 12.1 Å². The summed E-state index contributed by atoms with van der Waals surface area (Å²) in [5.41, 5.74) is 2.54. The van der Waals surface area contributed by atoms with Crippen molar-refractivity contribution in [3.05, 3.63) is 11.6 Å². The van der Waals surface area contributed by atoms with Crippen LogP contribution in [0, 0.1) is 46.3 Å². The molecule has 47 heavy (non-hydrogen) atoms. The largest absolute Gasteiger partial charge is 0.462 e. The van der Waals surface area contributed by atoms with E-state index in [4.69, 9.17) is 4.74 Å². The molecule has 0 aromatic heterocycles. The summed E-state index contributed by atoms with van der Waals surface area (Å²) in [6, 6.07) is 0. The van der Waals surface area contributed by atoms with Gasteiger partial charge in [0, 0.05) is 12.8 Å². The molecule has 0 aromatic rings. The molecule has 0 heterocycles. The number of fused-ring (bicyclic) bond motifs is 5. The molecule has 0 aromatic carbocycles. The van der Waals surface area contributed by atoms with Gasteiger partial charge in [-0.1, -0.05) is 162 Å². The summed E-state index contributed by atoms with van der Waals surface area (Å²) in [4.78, 5) is 12.8. The molecule has 2 nitrogen and oxygen atoms in total. The fourth-order valence-corrected chi connectivity index (χ4v) is 11.6. The van der Waals surface area contributed by atoms with E-state index in [0.717, 1.165) is 54.8 Å². The van der Waals surface area contributed by atoms with Crippen LogP contribution in [0.5, 0.6) is 0 Å². The normalized spacial score (nSPS) is 32.4. The molecule has 3 fully saturated rings. The zero-order valence-corrected chi connectivity index (χ0v) is 32.5. The monoisotopic (exact) mass is 653 g/mol. The van der Waals surface area contributed by atoms with Gasteiger partial charge in [0.05, 0.1) is 0 Å². The van der Waals surface area contributed by atoms with Gasteiger partial charge < -0.3 is 4.74 Å². The second kappa shape index (κ2) is 19.6. The summed E-state index contributed by atoms with van der Waals surface area (Å²) in [6.45, 7) is 15.0. The molecule has 0 amide bonds. The van der Waals surface area contributed by atoms with E-state index in [1.807, 2.05) is 0 Å². The predicted octanol–water partition coefficient (Wildman–Crippen LogP) is 14.2. The highest BCUT2D eigenvalue weighted by atomic mass is 16.5. The summed E-state index contributed by atoms with van der Waals surface area (Å²) < 4.78 is 6.13. The molecule has 0 spiro atoms. The number of hydrogen-bond donors (Lipinski definition) is 0. The molecular formula is C45H80O2. The van der Waals surface area contributed by atoms with Crippen LogP contribution in [0.3, 0.4) is 0 Å². The maximum Gasteiger partial charge on any atom is 0.306 e. The average Bonchev–Trinajstić information content (AvgIpc) is 3.40. The van der Waals surface area contributed by atoms with Gasteiger partial charge in [-0.25, -0.2) is 0 Å². The lowest BCUT2D eigenvalue weighted by Crippen LogP contribution is -2.51. The number of esters is 1. The molecule has 3 saturated carbocycles. The molecule has 272 valence electrons. The van der Waals surface area contributed by atoms with Crippen molar-refractivity contribution in [3.63, 3.8) is 0 Å². The smallest absolute Gasteiger partial charge is 0.306 e. The van der Waals surface area contributed by atoms with Crippen molar-refractivity contribution in [2.75, 3.05) is 0 Å². The standard InChI is InChI=1S/C45H80O2/c1-7-8-9-10-11-12-13-14-15-16-17-18-19-20-21-25-43(46)47-38-30-32-44(5)37(34-38)26-27-39-41-29-28-40(36(4)24-22-23-35(2)3)45(41,6)33-31-42(39)44/h26,35-36,38-42H,7-25,27-34H2,1-6H3/t36-,38-,39+,40-,41+,42+,44-,45+/m0/s1. The van der Waals surface area contributed by atoms with Crippen LogP contribution in [0.2, 0.25) is 0 Å². The number of carbonyl (C=O) groups is 1. The molecule has 4 aliphatic carbocycles. The molecular weight excluding hydrogens is 572 g/mol. The Balaban J connectivity index is 1.10. The molecule has 0 bridgehead atoms. The molecule has 0 saturated heterocycles. The van der Waals surface area contributed by atoms with Crippen molar-refractivity contribution >= 4 is 5.97 Å². The summed E-state index contributed by atoms with van der Waals surface area (Å²) in [5.74, 6) is 5.34. The molecule has 0 unspecified atom stereocenters. The fourth-order valence-electron chi connectivity index (χ4n) is 11.6. The first-order valence-corrected chi connectivity index (χ1v) is 21.6. The van der Waals surface area contributed by atoms with E-state index in [-0.39, 0.29) is 12.1 Å². The van der Waals surface area contributed by atoms with Gasteiger partial charge in [-0.3, -0.25) is 4.79 Å². The molecule has 4 rings (SSSR count). The third kappa shape index (κ3) is 10.8. The first-order valence-electron chi connectivity index (χ1n) is 21.6. The van der Waals surface area contributed by atoms with Gasteiger partial charge >= 0.3 is 5.97 Å². The minimum absolute atomic E-state index is 0.0653. The van der Waals surface area contributed by atoms with Crippen molar-refractivity contribution in [2.45, 2.75) is 221 Å². The highest BCUT2D eigenvalue weighted by molar-refractivity contribution is 5.69. The Morgan fingerprint density at radius 3 is 1.98 bits per heavy atom. The van der Waals surface area contributed by atoms with Gasteiger partial charge in [0.25, 0.3) is 0 Å². The van der Waals surface area contributed by atoms with E-state index in [1.54, 1.807) is 5.57 Å². The maximum absolute atomic E-state index is 12.8. The van der Waals surface area contributed by atoms with Crippen LogP contribution in [0.25, 0.3) is 0 Å². The number of ether oxygens (including phenoxy) is 1. The molecule has 8 atom stereocenters. The van der Waals surface area contributed by atoms with Crippen molar-refractivity contribution < 1.29 is 9.53 Å². The molecule has 0 N–H and O–H groups in total. The van der Waals surface area contributed by atoms with Gasteiger partial charge in [-0.05, 0) is 97.7 Å². The summed E-state index contributed by atoms with van der Waals surface area (Å²) in [6.07, 6.45) is 38.4. The fraction of sp³-hybridized carbons (Fsp3) is 0.933. The van der Waals surface area contributed by atoms with E-state index in [1.165, 1.54) is 148 Å². The van der Waals surface area contributed by atoms with Crippen LogP contribution < -0.4 is 0 Å². The van der Waals surface area contributed by atoms with Gasteiger partial charge in [-0.2, -0.15) is 0 Å². The van der Waals surface area contributed by atoms with Crippen LogP contribution in [0.4, 0.5) is 0 Å². The SMILES string of the molecule is CCCCCCCCCCCCCCCCCC(=O)O[C@H]1CC[C@@]2(C)C(=CC[C@@H]3[C@H]4CC[C@@H]([C@@H](C)CCCC(C)C)[C@@]4(C)CC[C@H]32)C1. The van der Waals surface area contributed by atoms with E-state index >= 15 is 0 Å². The molecule has 0 radical (unpaired) electrons. The summed E-state index contributed by atoms with van der Waals surface area (Å²) >= 11 is 0. The van der Waals surface area contributed by atoms with Gasteiger partial charge in [0.2, 0.25) is 0 Å². The zero-order chi connectivity index (χ0) is 33.7. The minimum atomic E-state index is 0.0653. The van der Waals surface area contributed by atoms with Crippen LogP contribution in [-0.2, 0) is 9.53 Å². The van der Waals surface area contributed by atoms with E-state index in [9.17, 15) is 4.79 Å². The lowest BCUT2D eigenvalue weighted by atomic mass is 9.47. The highest BCUT2D eigenvalue weighted by Crippen LogP contribution is 2.67. The van der Waals surface area contributed by atoms with Gasteiger partial charge in [0.15, 0.2) is 0 Å². The lowest BCUT2D eigenvalue weighted by Gasteiger charge is -2.58. The van der Waals surface area contributed by atoms with E-state index in [0.29, 0.717) is 17.3 Å².